The monoisotopic (exact) mass is 429 g/mol. The van der Waals surface area contributed by atoms with Crippen LogP contribution in [0.2, 0.25) is 0 Å². The minimum atomic E-state index is -0.665. The molecule has 7 heteroatoms. The number of β-amino-alcohol motifs (C(OH)–C–C–N with tert-alkyl or cyclic N) is 1. The van der Waals surface area contributed by atoms with Crippen molar-refractivity contribution in [2.75, 3.05) is 6.54 Å². The van der Waals surface area contributed by atoms with E-state index in [0.29, 0.717) is 0 Å². The van der Waals surface area contributed by atoms with Gasteiger partial charge in [-0.2, -0.15) is 0 Å². The van der Waals surface area contributed by atoms with Crippen molar-refractivity contribution in [3.63, 3.8) is 0 Å². The van der Waals surface area contributed by atoms with Crippen LogP contribution in [0.1, 0.15) is 51.4 Å². The largest absolute Gasteiger partial charge is 0.391 e. The van der Waals surface area contributed by atoms with Crippen molar-refractivity contribution in [2.24, 2.45) is 11.8 Å². The van der Waals surface area contributed by atoms with Gasteiger partial charge in [0.15, 0.2) is 0 Å². The second-order valence-corrected chi connectivity index (χ2v) is 9.40. The molecule has 3 rings (SSSR count). The summed E-state index contributed by atoms with van der Waals surface area (Å²) in [6, 6.07) is 7.26. The summed E-state index contributed by atoms with van der Waals surface area (Å²) < 4.78 is 0. The molecule has 2 N–H and O–H groups in total. The highest BCUT2D eigenvalue weighted by atomic mass is 32.1. The fourth-order valence-corrected chi connectivity index (χ4v) is 4.56. The van der Waals surface area contributed by atoms with E-state index in [1.54, 1.807) is 16.2 Å². The standard InChI is InChI=1S/C23H31N3O3S/c1-13(2)14(3)23(29)26-11-19(27)10-20(26)22(28)25-15(4)17-6-8-18(9-7-17)21-16(5)24-12-30-21/h6-9,12-15,19-20,27H,10-11H2,1-5H3,(H,25,28)/t14-,15-,19+,20-/m0/s1. The Labute approximate surface area is 182 Å². The summed E-state index contributed by atoms with van der Waals surface area (Å²) in [6.07, 6.45) is -0.389. The summed E-state index contributed by atoms with van der Waals surface area (Å²) >= 11 is 1.61. The highest BCUT2D eigenvalue weighted by Gasteiger charge is 2.40. The first-order valence-electron chi connectivity index (χ1n) is 10.5. The van der Waals surface area contributed by atoms with E-state index < -0.39 is 12.1 Å². The molecule has 1 aliphatic rings. The molecule has 0 saturated carbocycles. The number of rotatable bonds is 6. The Morgan fingerprint density at radius 2 is 1.87 bits per heavy atom. The van der Waals surface area contributed by atoms with Gasteiger partial charge in [-0.15, -0.1) is 11.3 Å². The number of aliphatic hydroxyl groups is 1. The number of amides is 2. The van der Waals surface area contributed by atoms with Crippen LogP contribution in [0.25, 0.3) is 10.4 Å². The van der Waals surface area contributed by atoms with E-state index in [-0.39, 0.29) is 42.7 Å². The summed E-state index contributed by atoms with van der Waals surface area (Å²) in [4.78, 5) is 32.8. The molecule has 2 aromatic rings. The Bertz CT molecular complexity index is 893. The maximum Gasteiger partial charge on any atom is 0.243 e. The number of nitrogens with zero attached hydrogens (tertiary/aromatic N) is 2. The minimum absolute atomic E-state index is 0.0707. The lowest BCUT2D eigenvalue weighted by Gasteiger charge is -2.29. The van der Waals surface area contributed by atoms with Crippen molar-refractivity contribution in [3.05, 3.63) is 41.0 Å². The molecule has 1 saturated heterocycles. The van der Waals surface area contributed by atoms with Gasteiger partial charge in [-0.05, 0) is 30.9 Å². The molecule has 2 amide bonds. The molecule has 6 nitrogen and oxygen atoms in total. The van der Waals surface area contributed by atoms with Crippen LogP contribution in [0, 0.1) is 18.8 Å². The Hall–Kier alpha value is -2.25. The molecule has 1 fully saturated rings. The lowest BCUT2D eigenvalue weighted by Crippen LogP contribution is -2.48. The van der Waals surface area contributed by atoms with E-state index >= 15 is 0 Å². The number of likely N-dealkylation sites (tertiary alicyclic amines) is 1. The van der Waals surface area contributed by atoms with Gasteiger partial charge >= 0.3 is 0 Å². The van der Waals surface area contributed by atoms with Gasteiger partial charge in [-0.25, -0.2) is 4.98 Å². The zero-order chi connectivity index (χ0) is 22.0. The van der Waals surface area contributed by atoms with Crippen molar-refractivity contribution in [1.82, 2.24) is 15.2 Å². The predicted molar refractivity (Wildman–Crippen MR) is 119 cm³/mol. The molecule has 0 spiro atoms. The zero-order valence-electron chi connectivity index (χ0n) is 18.3. The number of aromatic nitrogens is 1. The first-order chi connectivity index (χ1) is 14.2. The van der Waals surface area contributed by atoms with E-state index in [1.807, 2.05) is 64.4 Å². The summed E-state index contributed by atoms with van der Waals surface area (Å²) in [5, 5.41) is 13.1. The molecule has 1 aliphatic heterocycles. The third-order valence-electron chi connectivity index (χ3n) is 6.03. The van der Waals surface area contributed by atoms with Gasteiger partial charge < -0.3 is 15.3 Å². The van der Waals surface area contributed by atoms with Gasteiger partial charge in [-0.1, -0.05) is 45.0 Å². The van der Waals surface area contributed by atoms with Crippen LogP contribution in [0.5, 0.6) is 0 Å². The molecule has 1 aromatic carbocycles. The Morgan fingerprint density at radius 3 is 2.43 bits per heavy atom. The van der Waals surface area contributed by atoms with Gasteiger partial charge in [0, 0.05) is 18.9 Å². The highest BCUT2D eigenvalue weighted by Crippen LogP contribution is 2.29. The van der Waals surface area contributed by atoms with Crippen LogP contribution in [-0.4, -0.2) is 45.5 Å². The molecule has 0 unspecified atom stereocenters. The summed E-state index contributed by atoms with van der Waals surface area (Å²) in [7, 11) is 0. The van der Waals surface area contributed by atoms with Gasteiger partial charge in [-0.3, -0.25) is 9.59 Å². The molecule has 0 radical (unpaired) electrons. The Kier molecular flexibility index (Phi) is 6.93. The van der Waals surface area contributed by atoms with Crippen LogP contribution < -0.4 is 5.32 Å². The fourth-order valence-electron chi connectivity index (χ4n) is 3.75. The van der Waals surface area contributed by atoms with Crippen LogP contribution in [0.4, 0.5) is 0 Å². The number of benzene rings is 1. The highest BCUT2D eigenvalue weighted by molar-refractivity contribution is 7.13. The molecule has 4 atom stereocenters. The summed E-state index contributed by atoms with van der Waals surface area (Å²) in [5.41, 5.74) is 4.94. The second kappa shape index (κ2) is 9.27. The van der Waals surface area contributed by atoms with Crippen molar-refractivity contribution >= 4 is 23.2 Å². The number of thiazole rings is 1. The van der Waals surface area contributed by atoms with Gasteiger partial charge in [0.2, 0.25) is 11.8 Å². The molecule has 30 heavy (non-hydrogen) atoms. The molecule has 0 aliphatic carbocycles. The molecule has 1 aromatic heterocycles. The Balaban J connectivity index is 1.68. The topological polar surface area (TPSA) is 82.5 Å². The maximum absolute atomic E-state index is 13.0. The van der Waals surface area contributed by atoms with Crippen LogP contribution >= 0.6 is 11.3 Å². The average molecular weight is 430 g/mol. The number of carbonyl (C=O) groups excluding carboxylic acids is 2. The summed E-state index contributed by atoms with van der Waals surface area (Å²) in [5.74, 6) is -0.297. The van der Waals surface area contributed by atoms with Crippen LogP contribution in [-0.2, 0) is 9.59 Å². The lowest BCUT2D eigenvalue weighted by atomic mass is 9.96. The van der Waals surface area contributed by atoms with Crippen LogP contribution in [0.15, 0.2) is 29.8 Å². The van der Waals surface area contributed by atoms with E-state index in [4.69, 9.17) is 0 Å². The van der Waals surface area contributed by atoms with Crippen molar-refractivity contribution in [1.29, 1.82) is 0 Å². The molecule has 0 bridgehead atoms. The number of aliphatic hydroxyl groups excluding tert-OH is 1. The van der Waals surface area contributed by atoms with Crippen molar-refractivity contribution in [3.8, 4) is 10.4 Å². The van der Waals surface area contributed by atoms with Crippen LogP contribution in [0.3, 0.4) is 0 Å². The molecule has 162 valence electrons. The van der Waals surface area contributed by atoms with Gasteiger partial charge in [0.1, 0.15) is 6.04 Å². The van der Waals surface area contributed by atoms with Gasteiger partial charge in [0.05, 0.1) is 28.2 Å². The predicted octanol–water partition coefficient (Wildman–Crippen LogP) is 3.55. The Morgan fingerprint density at radius 1 is 1.20 bits per heavy atom. The first-order valence-corrected chi connectivity index (χ1v) is 11.4. The smallest absolute Gasteiger partial charge is 0.243 e. The number of aryl methyl sites for hydroxylation is 1. The van der Waals surface area contributed by atoms with E-state index in [2.05, 4.69) is 10.3 Å². The number of nitrogens with one attached hydrogen (secondary N) is 1. The molecular formula is C23H31N3O3S. The number of carbonyl (C=O) groups is 2. The van der Waals surface area contributed by atoms with Crippen molar-refractivity contribution < 1.29 is 14.7 Å². The minimum Gasteiger partial charge on any atom is -0.391 e. The molecule has 2 heterocycles. The fraction of sp³-hybridized carbons (Fsp3) is 0.522. The van der Waals surface area contributed by atoms with E-state index in [0.717, 1.165) is 21.7 Å². The normalized spacial score (nSPS) is 21.0. The maximum atomic E-state index is 13.0. The third-order valence-corrected chi connectivity index (χ3v) is 7.01. The SMILES string of the molecule is Cc1ncsc1-c1ccc([C@H](C)NC(=O)[C@@H]2C[C@@H](O)CN2C(=O)[C@@H](C)C(C)C)cc1. The zero-order valence-corrected chi connectivity index (χ0v) is 19.1. The van der Waals surface area contributed by atoms with E-state index in [1.165, 1.54) is 0 Å². The van der Waals surface area contributed by atoms with Crippen molar-refractivity contribution in [2.45, 2.75) is 59.2 Å². The average Bonchev–Trinajstić information content (AvgIpc) is 3.32. The first kappa shape index (κ1) is 22.4. The summed E-state index contributed by atoms with van der Waals surface area (Å²) in [6.45, 7) is 9.99. The number of hydrogen-bond donors (Lipinski definition) is 2. The lowest BCUT2D eigenvalue weighted by molar-refractivity contribution is -0.142. The van der Waals surface area contributed by atoms with E-state index in [9.17, 15) is 14.7 Å². The third kappa shape index (κ3) is 4.73. The molecular weight excluding hydrogens is 398 g/mol. The second-order valence-electron chi connectivity index (χ2n) is 8.55. The van der Waals surface area contributed by atoms with Gasteiger partial charge in [0.25, 0.3) is 0 Å². The number of hydrogen-bond acceptors (Lipinski definition) is 5. The quantitative estimate of drug-likeness (QED) is 0.736.